The topological polar surface area (TPSA) is 39.9 Å². The Labute approximate surface area is 118 Å². The second-order valence-corrected chi connectivity index (χ2v) is 5.65. The maximum atomic E-state index is 5.96. The second-order valence-electron chi connectivity index (χ2n) is 5.38. The molecule has 0 amide bonds. The minimum absolute atomic E-state index is 0.0865. The fraction of sp³-hybridized carbons (Fsp3) is 0.429. The first-order valence-electron chi connectivity index (χ1n) is 6.13. The molecular weight excluding hydrogens is 262 g/mol. The van der Waals surface area contributed by atoms with E-state index in [1.807, 2.05) is 28.9 Å². The Kier molecular flexibility index (Phi) is 3.80. The number of ether oxygens (including phenoxy) is 1. The lowest BCUT2D eigenvalue weighted by Gasteiger charge is -2.21. The molecule has 2 rings (SSSR count). The Morgan fingerprint density at radius 1 is 1.32 bits per heavy atom. The maximum absolute atomic E-state index is 5.96. The molecule has 19 heavy (non-hydrogen) atoms. The van der Waals surface area contributed by atoms with Crippen LogP contribution in [0, 0.1) is 0 Å². The van der Waals surface area contributed by atoms with Crippen molar-refractivity contribution in [2.24, 2.45) is 0 Å². The van der Waals surface area contributed by atoms with Gasteiger partial charge in [0.2, 0.25) is 0 Å². The molecule has 0 fully saturated rings. The molecule has 102 valence electrons. The van der Waals surface area contributed by atoms with Gasteiger partial charge in [0.1, 0.15) is 11.4 Å². The van der Waals surface area contributed by atoms with E-state index in [1.54, 1.807) is 7.11 Å². The van der Waals surface area contributed by atoms with Gasteiger partial charge in [-0.2, -0.15) is 0 Å². The largest absolute Gasteiger partial charge is 0.497 e. The molecule has 0 radical (unpaired) electrons. The molecule has 4 nitrogen and oxygen atoms in total. The van der Waals surface area contributed by atoms with Crippen LogP contribution in [-0.4, -0.2) is 22.1 Å². The predicted octanol–water partition coefficient (Wildman–Crippen LogP) is 3.31. The predicted molar refractivity (Wildman–Crippen MR) is 76.2 cm³/mol. The summed E-state index contributed by atoms with van der Waals surface area (Å²) in [5, 5.41) is 8.40. The standard InChI is InChI=1S/C14H18ClN3O/c1-14(2,3)13-12(9-15)16-17-18(13)10-6-5-7-11(8-10)19-4/h5-8H,9H2,1-4H3. The van der Waals surface area contributed by atoms with Crippen molar-refractivity contribution < 1.29 is 4.74 Å². The molecule has 0 spiro atoms. The zero-order valence-electron chi connectivity index (χ0n) is 11.6. The zero-order chi connectivity index (χ0) is 14.0. The minimum atomic E-state index is -0.0865. The number of aromatic nitrogens is 3. The van der Waals surface area contributed by atoms with E-state index in [2.05, 4.69) is 31.1 Å². The molecule has 5 heteroatoms. The molecule has 1 heterocycles. The Morgan fingerprint density at radius 3 is 2.63 bits per heavy atom. The number of benzene rings is 1. The third-order valence-electron chi connectivity index (χ3n) is 2.87. The first kappa shape index (κ1) is 13.9. The number of hydrogen-bond acceptors (Lipinski definition) is 3. The van der Waals surface area contributed by atoms with Crippen LogP contribution in [0.15, 0.2) is 24.3 Å². The van der Waals surface area contributed by atoms with Crippen LogP contribution in [0.2, 0.25) is 0 Å². The smallest absolute Gasteiger partial charge is 0.121 e. The van der Waals surface area contributed by atoms with Gasteiger partial charge in [0.25, 0.3) is 0 Å². The van der Waals surface area contributed by atoms with Gasteiger partial charge in [-0.1, -0.05) is 32.1 Å². The number of hydrogen-bond donors (Lipinski definition) is 0. The number of halogens is 1. The molecule has 0 unspecified atom stereocenters. The van der Waals surface area contributed by atoms with Gasteiger partial charge >= 0.3 is 0 Å². The summed E-state index contributed by atoms with van der Waals surface area (Å²) in [4.78, 5) is 0. The van der Waals surface area contributed by atoms with Crippen LogP contribution < -0.4 is 4.74 Å². The molecule has 0 aliphatic heterocycles. The van der Waals surface area contributed by atoms with Gasteiger partial charge in [0.05, 0.1) is 24.4 Å². The van der Waals surface area contributed by atoms with Gasteiger partial charge in [-0.3, -0.25) is 0 Å². The van der Waals surface area contributed by atoms with E-state index < -0.39 is 0 Å². The Balaban J connectivity index is 2.59. The van der Waals surface area contributed by atoms with Crippen molar-refractivity contribution in [1.82, 2.24) is 15.0 Å². The summed E-state index contributed by atoms with van der Waals surface area (Å²) in [5.74, 6) is 1.15. The normalized spacial score (nSPS) is 11.6. The third-order valence-corrected chi connectivity index (χ3v) is 3.13. The van der Waals surface area contributed by atoms with Gasteiger partial charge in [0.15, 0.2) is 0 Å². The Bertz CT molecular complexity index is 572. The lowest BCUT2D eigenvalue weighted by molar-refractivity contribution is 0.414. The van der Waals surface area contributed by atoms with Gasteiger partial charge in [-0.25, -0.2) is 4.68 Å². The van der Waals surface area contributed by atoms with Crippen LogP contribution in [0.4, 0.5) is 0 Å². The fourth-order valence-corrected chi connectivity index (χ4v) is 2.26. The molecule has 1 aromatic carbocycles. The van der Waals surface area contributed by atoms with E-state index in [-0.39, 0.29) is 5.41 Å². The van der Waals surface area contributed by atoms with Gasteiger partial charge in [0, 0.05) is 11.5 Å². The van der Waals surface area contributed by atoms with E-state index in [0.717, 1.165) is 22.8 Å². The lowest BCUT2D eigenvalue weighted by Crippen LogP contribution is -2.19. The van der Waals surface area contributed by atoms with E-state index in [9.17, 15) is 0 Å². The Morgan fingerprint density at radius 2 is 2.05 bits per heavy atom. The summed E-state index contributed by atoms with van der Waals surface area (Å²) in [6.07, 6.45) is 0. The summed E-state index contributed by atoms with van der Waals surface area (Å²) < 4.78 is 7.08. The van der Waals surface area contributed by atoms with Crippen molar-refractivity contribution in [3.63, 3.8) is 0 Å². The number of rotatable bonds is 3. The number of nitrogens with zero attached hydrogens (tertiary/aromatic N) is 3. The lowest BCUT2D eigenvalue weighted by atomic mass is 9.90. The molecule has 0 aliphatic carbocycles. The van der Waals surface area contributed by atoms with Crippen molar-refractivity contribution in [1.29, 1.82) is 0 Å². The van der Waals surface area contributed by atoms with Crippen LogP contribution in [0.1, 0.15) is 32.2 Å². The number of methoxy groups -OCH3 is 1. The van der Waals surface area contributed by atoms with Crippen molar-refractivity contribution in [2.45, 2.75) is 32.1 Å². The van der Waals surface area contributed by atoms with E-state index in [0.29, 0.717) is 5.88 Å². The average Bonchev–Trinajstić information content (AvgIpc) is 2.82. The molecule has 1 aromatic heterocycles. The SMILES string of the molecule is COc1cccc(-n2nnc(CCl)c2C(C)(C)C)c1. The highest BCUT2D eigenvalue weighted by Crippen LogP contribution is 2.28. The molecule has 0 saturated carbocycles. The minimum Gasteiger partial charge on any atom is -0.497 e. The van der Waals surface area contributed by atoms with Crippen LogP contribution in [-0.2, 0) is 11.3 Å². The average molecular weight is 280 g/mol. The van der Waals surface area contributed by atoms with Crippen molar-refractivity contribution in [3.8, 4) is 11.4 Å². The second kappa shape index (κ2) is 5.21. The van der Waals surface area contributed by atoms with Crippen LogP contribution in [0.25, 0.3) is 5.69 Å². The molecule has 0 saturated heterocycles. The van der Waals surface area contributed by atoms with Gasteiger partial charge in [-0.15, -0.1) is 16.7 Å². The highest BCUT2D eigenvalue weighted by Gasteiger charge is 2.25. The molecule has 0 bridgehead atoms. The summed E-state index contributed by atoms with van der Waals surface area (Å²) in [5.41, 5.74) is 2.68. The van der Waals surface area contributed by atoms with Crippen LogP contribution in [0.3, 0.4) is 0 Å². The summed E-state index contributed by atoms with van der Waals surface area (Å²) in [6, 6.07) is 7.74. The van der Waals surface area contributed by atoms with Crippen molar-refractivity contribution in [2.75, 3.05) is 7.11 Å². The van der Waals surface area contributed by atoms with Crippen molar-refractivity contribution in [3.05, 3.63) is 35.7 Å². The monoisotopic (exact) mass is 279 g/mol. The summed E-state index contributed by atoms with van der Waals surface area (Å²) in [6.45, 7) is 6.37. The maximum Gasteiger partial charge on any atom is 0.121 e. The quantitative estimate of drug-likeness (QED) is 0.809. The van der Waals surface area contributed by atoms with Gasteiger partial charge < -0.3 is 4.74 Å². The van der Waals surface area contributed by atoms with E-state index in [1.165, 1.54) is 0 Å². The molecule has 0 aliphatic rings. The van der Waals surface area contributed by atoms with Crippen molar-refractivity contribution >= 4 is 11.6 Å². The fourth-order valence-electron chi connectivity index (χ4n) is 2.08. The Hall–Kier alpha value is -1.55. The summed E-state index contributed by atoms with van der Waals surface area (Å²) in [7, 11) is 1.65. The highest BCUT2D eigenvalue weighted by atomic mass is 35.5. The molecular formula is C14H18ClN3O. The number of alkyl halides is 1. The summed E-state index contributed by atoms with van der Waals surface area (Å²) >= 11 is 5.96. The molecule has 0 N–H and O–H groups in total. The van der Waals surface area contributed by atoms with Crippen LogP contribution >= 0.6 is 11.6 Å². The molecule has 0 atom stereocenters. The van der Waals surface area contributed by atoms with Crippen LogP contribution in [0.5, 0.6) is 5.75 Å². The zero-order valence-corrected chi connectivity index (χ0v) is 12.4. The first-order chi connectivity index (χ1) is 8.97. The van der Waals surface area contributed by atoms with E-state index in [4.69, 9.17) is 16.3 Å². The third kappa shape index (κ3) is 2.73. The first-order valence-corrected chi connectivity index (χ1v) is 6.66. The van der Waals surface area contributed by atoms with E-state index >= 15 is 0 Å². The molecule has 2 aromatic rings. The highest BCUT2D eigenvalue weighted by molar-refractivity contribution is 6.17. The van der Waals surface area contributed by atoms with Gasteiger partial charge in [-0.05, 0) is 12.1 Å².